The lowest BCUT2D eigenvalue weighted by molar-refractivity contribution is -0.134. The number of nitrogens with one attached hydrogen (secondary N) is 1. The molecule has 6 nitrogen and oxygen atoms in total. The van der Waals surface area contributed by atoms with Crippen LogP contribution >= 0.6 is 0 Å². The van der Waals surface area contributed by atoms with Gasteiger partial charge in [0.1, 0.15) is 11.9 Å². The van der Waals surface area contributed by atoms with E-state index in [1.54, 1.807) is 25.3 Å². The van der Waals surface area contributed by atoms with Gasteiger partial charge >= 0.3 is 5.97 Å². The molecule has 1 fully saturated rings. The lowest BCUT2D eigenvalue weighted by Crippen LogP contribution is -2.16. The maximum absolute atomic E-state index is 15.1. The normalized spacial score (nSPS) is 18.0. The first-order chi connectivity index (χ1) is 18.1. The van der Waals surface area contributed by atoms with Gasteiger partial charge in [-0.25, -0.2) is 9.37 Å². The van der Waals surface area contributed by atoms with Crippen LogP contribution in [0, 0.1) is 17.7 Å². The molecule has 1 aliphatic heterocycles. The van der Waals surface area contributed by atoms with Crippen LogP contribution < -0.4 is 14.8 Å². The largest absolute Gasteiger partial charge is 0.472 e. The van der Waals surface area contributed by atoms with Crippen LogP contribution in [0.1, 0.15) is 49.8 Å². The van der Waals surface area contributed by atoms with E-state index in [-0.39, 0.29) is 30.4 Å². The van der Waals surface area contributed by atoms with Gasteiger partial charge in [0.2, 0.25) is 5.88 Å². The Kier molecular flexibility index (Phi) is 7.67. The predicted molar refractivity (Wildman–Crippen MR) is 139 cm³/mol. The van der Waals surface area contributed by atoms with Crippen molar-refractivity contribution in [2.75, 3.05) is 18.5 Å². The molecular formula is C30H29FN2O4. The molecule has 1 aromatic heterocycles. The SMILES string of the molecule is CC#CCCC(=O)Oc1ccccc1N[C@@H]1CCc2c(-c3ccc(O[C@@H]4CCOC4)nc3)ccc(F)c21. The first kappa shape index (κ1) is 24.8. The zero-order valence-electron chi connectivity index (χ0n) is 20.8. The zero-order chi connectivity index (χ0) is 25.6. The van der Waals surface area contributed by atoms with Gasteiger partial charge in [0.25, 0.3) is 0 Å². The molecule has 5 rings (SSSR count). The predicted octanol–water partition coefficient (Wildman–Crippen LogP) is 5.86. The van der Waals surface area contributed by atoms with Gasteiger partial charge in [-0.2, -0.15) is 0 Å². The second-order valence-electron chi connectivity index (χ2n) is 9.11. The molecule has 0 radical (unpaired) electrons. The van der Waals surface area contributed by atoms with Gasteiger partial charge in [-0.1, -0.05) is 18.2 Å². The molecule has 3 aromatic rings. The number of anilines is 1. The summed E-state index contributed by atoms with van der Waals surface area (Å²) in [5, 5.41) is 3.41. The quantitative estimate of drug-likeness (QED) is 0.237. The van der Waals surface area contributed by atoms with E-state index in [0.717, 1.165) is 29.5 Å². The summed E-state index contributed by atoms with van der Waals surface area (Å²) >= 11 is 0. The molecule has 0 amide bonds. The summed E-state index contributed by atoms with van der Waals surface area (Å²) < 4.78 is 31.9. The van der Waals surface area contributed by atoms with Gasteiger partial charge in [-0.3, -0.25) is 4.79 Å². The fourth-order valence-corrected chi connectivity index (χ4v) is 4.84. The van der Waals surface area contributed by atoms with Gasteiger partial charge in [0.15, 0.2) is 5.75 Å². The van der Waals surface area contributed by atoms with Crippen LogP contribution in [-0.2, 0) is 16.0 Å². The Balaban J connectivity index is 1.34. The number of ether oxygens (including phenoxy) is 3. The van der Waals surface area contributed by atoms with E-state index in [1.807, 2.05) is 30.3 Å². The average molecular weight is 501 g/mol. The number of pyridine rings is 1. The highest BCUT2D eigenvalue weighted by molar-refractivity contribution is 5.76. The smallest absolute Gasteiger partial charge is 0.312 e. The van der Waals surface area contributed by atoms with E-state index < -0.39 is 0 Å². The zero-order valence-corrected chi connectivity index (χ0v) is 20.8. The third kappa shape index (κ3) is 5.76. The van der Waals surface area contributed by atoms with E-state index in [0.29, 0.717) is 48.9 Å². The first-order valence-electron chi connectivity index (χ1n) is 12.6. The van der Waals surface area contributed by atoms with E-state index in [1.165, 1.54) is 6.07 Å². The van der Waals surface area contributed by atoms with Gasteiger partial charge in [0, 0.05) is 36.2 Å². The summed E-state index contributed by atoms with van der Waals surface area (Å²) in [7, 11) is 0. The molecule has 190 valence electrons. The first-order valence-corrected chi connectivity index (χ1v) is 12.6. The summed E-state index contributed by atoms with van der Waals surface area (Å²) in [4.78, 5) is 16.7. The fourth-order valence-electron chi connectivity index (χ4n) is 4.84. The molecule has 1 saturated heterocycles. The van der Waals surface area contributed by atoms with Crippen LogP contribution in [0.4, 0.5) is 10.1 Å². The molecule has 0 saturated carbocycles. The Labute approximate surface area is 216 Å². The van der Waals surface area contributed by atoms with Crippen LogP contribution in [0.3, 0.4) is 0 Å². The number of nitrogens with zero attached hydrogens (tertiary/aromatic N) is 1. The lowest BCUT2D eigenvalue weighted by Gasteiger charge is -2.19. The van der Waals surface area contributed by atoms with Crippen molar-refractivity contribution in [1.29, 1.82) is 0 Å². The Bertz CT molecular complexity index is 1320. The second kappa shape index (κ2) is 11.4. The van der Waals surface area contributed by atoms with Crippen molar-refractivity contribution in [2.45, 2.75) is 51.2 Å². The molecule has 0 unspecified atom stereocenters. The number of hydrogen-bond donors (Lipinski definition) is 1. The summed E-state index contributed by atoms with van der Waals surface area (Å²) in [6, 6.07) is 14.1. The van der Waals surface area contributed by atoms with Crippen molar-refractivity contribution in [3.63, 3.8) is 0 Å². The van der Waals surface area contributed by atoms with E-state index in [9.17, 15) is 4.79 Å². The van der Waals surface area contributed by atoms with E-state index >= 15 is 4.39 Å². The molecule has 37 heavy (non-hydrogen) atoms. The number of benzene rings is 2. The molecule has 2 aliphatic rings. The standard InChI is InChI=1S/C30H29FN2O4/c1-2-3-4-9-29(34)37-27-8-6-5-7-25(27)33-26-14-12-23-22(11-13-24(31)30(23)26)20-10-15-28(32-18-20)36-21-16-17-35-19-21/h5-8,10-11,13,15,18,21,26,33H,4,9,12,14,16-17,19H2,1H3/t21-,26-/m1/s1. The number of para-hydroxylation sites is 2. The van der Waals surface area contributed by atoms with Gasteiger partial charge in [-0.05, 0) is 55.2 Å². The third-order valence-corrected chi connectivity index (χ3v) is 6.63. The lowest BCUT2D eigenvalue weighted by atomic mass is 9.97. The van der Waals surface area contributed by atoms with Gasteiger partial charge in [0.05, 0.1) is 31.4 Å². The van der Waals surface area contributed by atoms with Crippen molar-refractivity contribution in [1.82, 2.24) is 4.98 Å². The molecule has 2 atom stereocenters. The summed E-state index contributed by atoms with van der Waals surface area (Å²) in [6.45, 7) is 3.03. The third-order valence-electron chi connectivity index (χ3n) is 6.63. The number of carbonyl (C=O) groups excluding carboxylic acids is 1. The maximum atomic E-state index is 15.1. The molecule has 0 spiro atoms. The van der Waals surface area contributed by atoms with Crippen LogP contribution in [0.15, 0.2) is 54.7 Å². The summed E-state index contributed by atoms with van der Waals surface area (Å²) in [6.07, 6.45) is 4.77. The molecule has 2 heterocycles. The van der Waals surface area contributed by atoms with Crippen molar-refractivity contribution >= 4 is 11.7 Å². The minimum Gasteiger partial charge on any atom is -0.472 e. The number of esters is 1. The van der Waals surface area contributed by atoms with Crippen molar-refractivity contribution in [2.24, 2.45) is 0 Å². The van der Waals surface area contributed by atoms with Crippen LogP contribution in [0.25, 0.3) is 11.1 Å². The molecule has 1 aliphatic carbocycles. The Hall–Kier alpha value is -3.89. The highest BCUT2D eigenvalue weighted by Crippen LogP contribution is 2.42. The molecule has 0 bridgehead atoms. The highest BCUT2D eigenvalue weighted by atomic mass is 19.1. The number of rotatable bonds is 8. The van der Waals surface area contributed by atoms with Gasteiger partial charge < -0.3 is 19.5 Å². The highest BCUT2D eigenvalue weighted by Gasteiger charge is 2.29. The van der Waals surface area contributed by atoms with Crippen molar-refractivity contribution < 1.29 is 23.4 Å². The number of fused-ring (bicyclic) bond motifs is 1. The number of halogens is 1. The van der Waals surface area contributed by atoms with Crippen LogP contribution in [0.5, 0.6) is 11.6 Å². The Morgan fingerprint density at radius 2 is 2.08 bits per heavy atom. The number of carbonyl (C=O) groups is 1. The molecule has 1 N–H and O–H groups in total. The Morgan fingerprint density at radius 3 is 2.86 bits per heavy atom. The second-order valence-corrected chi connectivity index (χ2v) is 9.11. The summed E-state index contributed by atoms with van der Waals surface area (Å²) in [5.41, 5.74) is 4.13. The molecule has 2 aromatic carbocycles. The molecular weight excluding hydrogens is 471 g/mol. The topological polar surface area (TPSA) is 69.7 Å². The van der Waals surface area contributed by atoms with Crippen LogP contribution in [0.2, 0.25) is 0 Å². The number of hydrogen-bond acceptors (Lipinski definition) is 6. The summed E-state index contributed by atoms with van der Waals surface area (Å²) in [5.74, 6) is 6.03. The molecule has 7 heteroatoms. The minimum atomic E-state index is -0.349. The van der Waals surface area contributed by atoms with Crippen molar-refractivity contribution in [3.8, 4) is 34.6 Å². The fraction of sp³-hybridized carbons (Fsp3) is 0.333. The van der Waals surface area contributed by atoms with Gasteiger partial charge in [-0.15, -0.1) is 11.8 Å². The van der Waals surface area contributed by atoms with E-state index in [2.05, 4.69) is 22.1 Å². The Morgan fingerprint density at radius 1 is 1.19 bits per heavy atom. The monoisotopic (exact) mass is 500 g/mol. The minimum absolute atomic E-state index is 0.0346. The maximum Gasteiger partial charge on any atom is 0.312 e. The number of aromatic nitrogens is 1. The average Bonchev–Trinajstić information content (AvgIpc) is 3.57. The van der Waals surface area contributed by atoms with Crippen molar-refractivity contribution in [3.05, 3.63) is 71.7 Å². The van der Waals surface area contributed by atoms with E-state index in [4.69, 9.17) is 14.2 Å². The van der Waals surface area contributed by atoms with Crippen LogP contribution in [-0.4, -0.2) is 30.3 Å².